The minimum atomic E-state index is 0.490. The summed E-state index contributed by atoms with van der Waals surface area (Å²) in [6, 6.07) is 8.34. The minimum Gasteiger partial charge on any atom is -0.496 e. The average molecular weight is 215 g/mol. The lowest BCUT2D eigenvalue weighted by Gasteiger charge is -2.15. The van der Waals surface area contributed by atoms with Crippen LogP contribution in [0.15, 0.2) is 18.2 Å². The molecule has 0 bridgehead atoms. The lowest BCUT2D eigenvalue weighted by Crippen LogP contribution is -1.98. The number of ether oxygens (including phenoxy) is 1. The molecule has 1 aliphatic rings. The molecule has 0 aliphatic heterocycles. The summed E-state index contributed by atoms with van der Waals surface area (Å²) in [4.78, 5) is 0. The van der Waals surface area contributed by atoms with Crippen LogP contribution in [0.1, 0.15) is 42.7 Å². The molecule has 2 heteroatoms. The second-order valence-corrected chi connectivity index (χ2v) is 4.39. The number of hydrogen-bond donors (Lipinski definition) is 0. The van der Waals surface area contributed by atoms with Crippen LogP contribution >= 0.6 is 0 Å². The monoisotopic (exact) mass is 215 g/mol. The normalized spacial score (nSPS) is 16.0. The van der Waals surface area contributed by atoms with Gasteiger partial charge in [0, 0.05) is 0 Å². The van der Waals surface area contributed by atoms with Crippen LogP contribution in [0.25, 0.3) is 0 Å². The fraction of sp³-hybridized carbons (Fsp3) is 0.500. The average Bonchev–Trinajstić information content (AvgIpc) is 2.83. The minimum absolute atomic E-state index is 0.490. The molecule has 0 N–H and O–H groups in total. The van der Waals surface area contributed by atoms with Gasteiger partial charge in [0.05, 0.1) is 19.6 Å². The smallest absolute Gasteiger partial charge is 0.122 e. The van der Waals surface area contributed by atoms with E-state index in [9.17, 15) is 0 Å². The van der Waals surface area contributed by atoms with Crippen molar-refractivity contribution in [1.82, 2.24) is 0 Å². The van der Waals surface area contributed by atoms with E-state index in [0.717, 1.165) is 11.3 Å². The summed E-state index contributed by atoms with van der Waals surface area (Å²) < 4.78 is 5.41. The zero-order valence-electron chi connectivity index (χ0n) is 9.70. The van der Waals surface area contributed by atoms with Gasteiger partial charge in [-0.3, -0.25) is 0 Å². The molecule has 2 nitrogen and oxygen atoms in total. The van der Waals surface area contributed by atoms with Crippen LogP contribution in [-0.2, 0) is 6.42 Å². The highest BCUT2D eigenvalue weighted by atomic mass is 16.5. The number of methoxy groups -OCH3 is 1. The van der Waals surface area contributed by atoms with Gasteiger partial charge in [-0.1, -0.05) is 25.0 Å². The Bertz CT molecular complexity index is 400. The van der Waals surface area contributed by atoms with Gasteiger partial charge in [-0.05, 0) is 36.0 Å². The van der Waals surface area contributed by atoms with Gasteiger partial charge in [0.15, 0.2) is 0 Å². The molecule has 1 aromatic rings. The molecule has 16 heavy (non-hydrogen) atoms. The first-order valence-corrected chi connectivity index (χ1v) is 5.89. The first-order valence-electron chi connectivity index (χ1n) is 5.89. The van der Waals surface area contributed by atoms with Gasteiger partial charge in [0.1, 0.15) is 5.75 Å². The van der Waals surface area contributed by atoms with Crippen LogP contribution in [0, 0.1) is 11.3 Å². The summed E-state index contributed by atoms with van der Waals surface area (Å²) in [5, 5.41) is 8.72. The Balaban J connectivity index is 2.31. The number of benzene rings is 1. The van der Waals surface area contributed by atoms with Gasteiger partial charge in [-0.2, -0.15) is 5.26 Å². The molecule has 0 saturated heterocycles. The van der Waals surface area contributed by atoms with Crippen molar-refractivity contribution in [3.63, 3.8) is 0 Å². The molecule has 0 radical (unpaired) electrons. The topological polar surface area (TPSA) is 33.0 Å². The van der Waals surface area contributed by atoms with Crippen LogP contribution in [0.2, 0.25) is 0 Å². The van der Waals surface area contributed by atoms with Crippen molar-refractivity contribution in [3.8, 4) is 11.8 Å². The van der Waals surface area contributed by atoms with E-state index in [4.69, 9.17) is 10.00 Å². The molecule has 2 rings (SSSR count). The zero-order valence-corrected chi connectivity index (χ0v) is 9.70. The molecule has 1 saturated carbocycles. The Morgan fingerprint density at radius 2 is 2.12 bits per heavy atom. The fourth-order valence-electron chi connectivity index (χ4n) is 2.54. The van der Waals surface area contributed by atoms with E-state index in [1.165, 1.54) is 31.2 Å². The van der Waals surface area contributed by atoms with Crippen molar-refractivity contribution < 1.29 is 4.74 Å². The zero-order chi connectivity index (χ0) is 11.4. The van der Waals surface area contributed by atoms with Crippen LogP contribution in [-0.4, -0.2) is 7.11 Å². The molecule has 0 amide bonds. The maximum Gasteiger partial charge on any atom is 0.122 e. The largest absolute Gasteiger partial charge is 0.496 e. The molecule has 0 aromatic heterocycles. The lowest BCUT2D eigenvalue weighted by atomic mass is 9.94. The van der Waals surface area contributed by atoms with E-state index in [1.54, 1.807) is 7.11 Å². The molecule has 0 heterocycles. The number of hydrogen-bond acceptors (Lipinski definition) is 2. The van der Waals surface area contributed by atoms with Gasteiger partial charge in [-0.25, -0.2) is 0 Å². The summed E-state index contributed by atoms with van der Waals surface area (Å²) >= 11 is 0. The highest BCUT2D eigenvalue weighted by Gasteiger charge is 2.20. The first kappa shape index (κ1) is 11.0. The van der Waals surface area contributed by atoms with Gasteiger partial charge < -0.3 is 4.74 Å². The first-order chi connectivity index (χ1) is 7.85. The third-order valence-corrected chi connectivity index (χ3v) is 3.37. The number of rotatable bonds is 3. The highest BCUT2D eigenvalue weighted by molar-refractivity contribution is 5.40. The Morgan fingerprint density at radius 1 is 1.38 bits per heavy atom. The molecule has 1 fully saturated rings. The predicted molar refractivity (Wildman–Crippen MR) is 63.5 cm³/mol. The van der Waals surface area contributed by atoms with Crippen LogP contribution < -0.4 is 4.74 Å². The Hall–Kier alpha value is -1.49. The Morgan fingerprint density at radius 3 is 2.75 bits per heavy atom. The quantitative estimate of drug-likeness (QED) is 0.774. The summed E-state index contributed by atoms with van der Waals surface area (Å²) in [6.07, 6.45) is 5.63. The molecular formula is C14H17NO. The van der Waals surface area contributed by atoms with Crippen molar-refractivity contribution in [2.45, 2.75) is 38.0 Å². The second kappa shape index (κ2) is 5.03. The van der Waals surface area contributed by atoms with E-state index in [0.29, 0.717) is 12.3 Å². The van der Waals surface area contributed by atoms with E-state index in [1.807, 2.05) is 12.1 Å². The van der Waals surface area contributed by atoms with Crippen molar-refractivity contribution in [2.75, 3.05) is 7.11 Å². The third kappa shape index (κ3) is 2.19. The lowest BCUT2D eigenvalue weighted by molar-refractivity contribution is 0.405. The SMILES string of the molecule is COc1ccc(CC#N)cc1C1CCCC1. The molecule has 0 unspecified atom stereocenters. The molecular weight excluding hydrogens is 198 g/mol. The summed E-state index contributed by atoms with van der Waals surface area (Å²) in [5.74, 6) is 1.61. The third-order valence-electron chi connectivity index (χ3n) is 3.37. The highest BCUT2D eigenvalue weighted by Crippen LogP contribution is 2.39. The van der Waals surface area contributed by atoms with Crippen LogP contribution in [0.4, 0.5) is 0 Å². The second-order valence-electron chi connectivity index (χ2n) is 4.39. The summed E-state index contributed by atoms with van der Waals surface area (Å²) in [6.45, 7) is 0. The van der Waals surface area contributed by atoms with Crippen molar-refractivity contribution in [2.24, 2.45) is 0 Å². The van der Waals surface area contributed by atoms with E-state index >= 15 is 0 Å². The van der Waals surface area contributed by atoms with Gasteiger partial charge in [0.2, 0.25) is 0 Å². The van der Waals surface area contributed by atoms with Gasteiger partial charge in [0.25, 0.3) is 0 Å². The van der Waals surface area contributed by atoms with E-state index in [-0.39, 0.29) is 0 Å². The standard InChI is InChI=1S/C14H17NO/c1-16-14-7-6-11(8-9-15)10-13(14)12-4-2-3-5-12/h6-7,10,12H,2-5,8H2,1H3. The molecule has 1 aliphatic carbocycles. The predicted octanol–water partition coefficient (Wildman–Crippen LogP) is 3.42. The maximum absolute atomic E-state index is 8.72. The van der Waals surface area contributed by atoms with E-state index in [2.05, 4.69) is 12.1 Å². The van der Waals surface area contributed by atoms with Crippen LogP contribution in [0.3, 0.4) is 0 Å². The molecule has 84 valence electrons. The van der Waals surface area contributed by atoms with Gasteiger partial charge in [-0.15, -0.1) is 0 Å². The maximum atomic E-state index is 8.72. The molecule has 1 aromatic carbocycles. The summed E-state index contributed by atoms with van der Waals surface area (Å²) in [5.41, 5.74) is 2.40. The number of nitrogens with zero attached hydrogens (tertiary/aromatic N) is 1. The fourth-order valence-corrected chi connectivity index (χ4v) is 2.54. The number of nitriles is 1. The van der Waals surface area contributed by atoms with Crippen molar-refractivity contribution in [1.29, 1.82) is 5.26 Å². The molecule has 0 spiro atoms. The van der Waals surface area contributed by atoms with Crippen molar-refractivity contribution in [3.05, 3.63) is 29.3 Å². The van der Waals surface area contributed by atoms with E-state index < -0.39 is 0 Å². The Kier molecular flexibility index (Phi) is 3.46. The van der Waals surface area contributed by atoms with Crippen LogP contribution in [0.5, 0.6) is 5.75 Å². The summed E-state index contributed by atoms with van der Waals surface area (Å²) in [7, 11) is 1.72. The van der Waals surface area contributed by atoms with Gasteiger partial charge >= 0.3 is 0 Å². The Labute approximate surface area is 96.9 Å². The molecule has 0 atom stereocenters. The van der Waals surface area contributed by atoms with Crippen molar-refractivity contribution >= 4 is 0 Å².